The number of nitrogens with two attached hydrogens (primary N) is 2. The van der Waals surface area contributed by atoms with Gasteiger partial charge in [-0.15, -0.1) is 0 Å². The van der Waals surface area contributed by atoms with Crippen molar-refractivity contribution in [2.24, 2.45) is 29.1 Å². The van der Waals surface area contributed by atoms with Crippen molar-refractivity contribution < 1.29 is 9.53 Å². The molecule has 2 saturated carbocycles. The van der Waals surface area contributed by atoms with Crippen LogP contribution >= 0.6 is 0 Å². The van der Waals surface area contributed by atoms with E-state index in [-0.39, 0.29) is 12.1 Å². The van der Waals surface area contributed by atoms with Crippen LogP contribution in [0.5, 0.6) is 0 Å². The molecule has 4 N–H and O–H groups in total. The lowest BCUT2D eigenvalue weighted by molar-refractivity contribution is -0.0902. The molecule has 0 amide bonds. The predicted octanol–water partition coefficient (Wildman–Crippen LogP) is 6.84. The number of nitrogen functional groups attached to an aromatic ring is 2. The summed E-state index contributed by atoms with van der Waals surface area (Å²) >= 11 is 0. The molecule has 6 atom stereocenters. The molecular weight excluding hydrogens is 384 g/mol. The fourth-order valence-corrected chi connectivity index (χ4v) is 6.84. The van der Waals surface area contributed by atoms with Crippen LogP contribution in [0.1, 0.15) is 102 Å². The molecular formula is C27H44N2O2. The topological polar surface area (TPSA) is 78.3 Å². The van der Waals surface area contributed by atoms with Crippen molar-refractivity contribution in [2.75, 3.05) is 11.5 Å². The Bertz CT molecular complexity index is 729. The first-order valence-corrected chi connectivity index (χ1v) is 12.7. The monoisotopic (exact) mass is 428 g/mol. The van der Waals surface area contributed by atoms with Gasteiger partial charge in [-0.25, -0.2) is 4.79 Å². The maximum atomic E-state index is 12.7. The average molecular weight is 429 g/mol. The number of benzene rings is 1. The quantitative estimate of drug-likeness (QED) is 0.351. The van der Waals surface area contributed by atoms with Crippen LogP contribution in [0.2, 0.25) is 0 Å². The lowest BCUT2D eigenvalue weighted by Gasteiger charge is -2.56. The van der Waals surface area contributed by atoms with E-state index >= 15 is 0 Å². The smallest absolute Gasteiger partial charge is 0.338 e. The van der Waals surface area contributed by atoms with Crippen molar-refractivity contribution in [1.82, 2.24) is 0 Å². The number of hydrogen-bond acceptors (Lipinski definition) is 4. The molecule has 1 aromatic carbocycles. The number of anilines is 2. The zero-order valence-electron chi connectivity index (χ0n) is 20.2. The van der Waals surface area contributed by atoms with E-state index in [0.29, 0.717) is 28.3 Å². The first-order valence-electron chi connectivity index (χ1n) is 12.7. The van der Waals surface area contributed by atoms with Crippen molar-refractivity contribution >= 4 is 17.3 Å². The Morgan fingerprint density at radius 1 is 1.13 bits per heavy atom. The van der Waals surface area contributed by atoms with Gasteiger partial charge in [0.2, 0.25) is 0 Å². The van der Waals surface area contributed by atoms with Crippen LogP contribution in [0.3, 0.4) is 0 Å². The largest absolute Gasteiger partial charge is 0.459 e. The maximum Gasteiger partial charge on any atom is 0.338 e. The van der Waals surface area contributed by atoms with Crippen LogP contribution in [-0.4, -0.2) is 12.1 Å². The molecule has 0 saturated heterocycles. The molecule has 0 aromatic heterocycles. The van der Waals surface area contributed by atoms with Crippen LogP contribution in [-0.2, 0) is 4.74 Å². The molecule has 2 aliphatic carbocycles. The van der Waals surface area contributed by atoms with E-state index in [1.54, 1.807) is 18.2 Å². The van der Waals surface area contributed by atoms with Gasteiger partial charge < -0.3 is 16.2 Å². The van der Waals surface area contributed by atoms with Crippen LogP contribution < -0.4 is 11.5 Å². The SMILES string of the molecule is CCCCC1C(C(C)CCC)CCC2CC(OC(=O)c3cc(N)cc(N)c3)CCC21C. The highest BCUT2D eigenvalue weighted by Crippen LogP contribution is 2.58. The first kappa shape index (κ1) is 23.9. The summed E-state index contributed by atoms with van der Waals surface area (Å²) < 4.78 is 5.96. The van der Waals surface area contributed by atoms with Gasteiger partial charge in [0, 0.05) is 11.4 Å². The van der Waals surface area contributed by atoms with Crippen LogP contribution in [0.15, 0.2) is 18.2 Å². The molecule has 3 rings (SSSR count). The minimum atomic E-state index is -0.291. The molecule has 2 aliphatic rings. The van der Waals surface area contributed by atoms with Gasteiger partial charge in [-0.3, -0.25) is 0 Å². The number of fused-ring (bicyclic) bond motifs is 1. The standard InChI is InChI=1S/C27H44N2O2/c1-5-7-9-25-24(18(3)8-6-2)11-10-20-16-23(12-13-27(20,25)4)31-26(30)19-14-21(28)17-22(29)15-19/h14-15,17-18,20,23-25H,5-13,16,28-29H2,1-4H3. The molecule has 31 heavy (non-hydrogen) atoms. The van der Waals surface area contributed by atoms with E-state index in [9.17, 15) is 4.79 Å². The van der Waals surface area contributed by atoms with Crippen molar-refractivity contribution in [3.05, 3.63) is 23.8 Å². The highest BCUT2D eigenvalue weighted by molar-refractivity contribution is 5.91. The van der Waals surface area contributed by atoms with Gasteiger partial charge in [0.05, 0.1) is 5.56 Å². The summed E-state index contributed by atoms with van der Waals surface area (Å²) in [6, 6.07) is 4.98. The molecule has 0 radical (unpaired) electrons. The predicted molar refractivity (Wildman–Crippen MR) is 130 cm³/mol. The number of carbonyl (C=O) groups excluding carboxylic acids is 1. The minimum absolute atomic E-state index is 0.00432. The van der Waals surface area contributed by atoms with Gasteiger partial charge in [0.15, 0.2) is 0 Å². The van der Waals surface area contributed by atoms with E-state index in [0.717, 1.165) is 30.6 Å². The Morgan fingerprint density at radius 2 is 1.84 bits per heavy atom. The molecule has 0 aliphatic heterocycles. The Hall–Kier alpha value is -1.71. The first-order chi connectivity index (χ1) is 14.8. The summed E-state index contributed by atoms with van der Waals surface area (Å²) in [5.74, 6) is 2.83. The number of rotatable bonds is 8. The fraction of sp³-hybridized carbons (Fsp3) is 0.741. The third-order valence-corrected chi connectivity index (χ3v) is 8.53. The van der Waals surface area contributed by atoms with Crippen LogP contribution in [0.25, 0.3) is 0 Å². The summed E-state index contributed by atoms with van der Waals surface area (Å²) in [4.78, 5) is 12.7. The lowest BCUT2D eigenvalue weighted by Crippen LogP contribution is -2.49. The van der Waals surface area contributed by atoms with E-state index in [1.165, 1.54) is 51.4 Å². The molecule has 4 nitrogen and oxygen atoms in total. The second kappa shape index (κ2) is 10.3. The third kappa shape index (κ3) is 5.38. The summed E-state index contributed by atoms with van der Waals surface area (Å²) in [5, 5.41) is 0. The second-order valence-electron chi connectivity index (χ2n) is 10.6. The van der Waals surface area contributed by atoms with Crippen LogP contribution in [0.4, 0.5) is 11.4 Å². The number of carbonyl (C=O) groups is 1. The van der Waals surface area contributed by atoms with Crippen LogP contribution in [0, 0.1) is 29.1 Å². The molecule has 2 fully saturated rings. The zero-order valence-corrected chi connectivity index (χ0v) is 20.2. The highest BCUT2D eigenvalue weighted by Gasteiger charge is 2.51. The minimum Gasteiger partial charge on any atom is -0.459 e. The summed E-state index contributed by atoms with van der Waals surface area (Å²) in [6.45, 7) is 9.67. The highest BCUT2D eigenvalue weighted by atomic mass is 16.5. The number of ether oxygens (including phenoxy) is 1. The van der Waals surface area contributed by atoms with Crippen molar-refractivity contribution in [3.8, 4) is 0 Å². The lowest BCUT2D eigenvalue weighted by atomic mass is 9.49. The zero-order chi connectivity index (χ0) is 22.6. The van der Waals surface area contributed by atoms with Gasteiger partial charge in [-0.05, 0) is 85.8 Å². The molecule has 0 heterocycles. The van der Waals surface area contributed by atoms with Gasteiger partial charge in [-0.2, -0.15) is 0 Å². The van der Waals surface area contributed by atoms with Gasteiger partial charge >= 0.3 is 5.97 Å². The van der Waals surface area contributed by atoms with E-state index in [1.807, 2.05) is 0 Å². The number of esters is 1. The number of hydrogen-bond donors (Lipinski definition) is 2. The van der Waals surface area contributed by atoms with E-state index in [2.05, 4.69) is 27.7 Å². The van der Waals surface area contributed by atoms with Crippen molar-refractivity contribution in [1.29, 1.82) is 0 Å². The fourth-order valence-electron chi connectivity index (χ4n) is 6.84. The van der Waals surface area contributed by atoms with Crippen molar-refractivity contribution in [2.45, 2.75) is 98.0 Å². The van der Waals surface area contributed by atoms with Gasteiger partial charge in [0.1, 0.15) is 6.10 Å². The summed E-state index contributed by atoms with van der Waals surface area (Å²) in [6.07, 6.45) is 12.3. The third-order valence-electron chi connectivity index (χ3n) is 8.53. The molecule has 1 aromatic rings. The maximum absolute atomic E-state index is 12.7. The van der Waals surface area contributed by atoms with Gasteiger partial charge in [-0.1, -0.05) is 53.4 Å². The molecule has 0 bridgehead atoms. The summed E-state index contributed by atoms with van der Waals surface area (Å²) in [5.41, 5.74) is 13.6. The molecule has 174 valence electrons. The molecule has 4 heteroatoms. The molecule has 0 spiro atoms. The normalized spacial score (nSPS) is 31.6. The van der Waals surface area contributed by atoms with E-state index < -0.39 is 0 Å². The van der Waals surface area contributed by atoms with Gasteiger partial charge in [0.25, 0.3) is 0 Å². The van der Waals surface area contributed by atoms with Crippen molar-refractivity contribution in [3.63, 3.8) is 0 Å². The van der Waals surface area contributed by atoms with E-state index in [4.69, 9.17) is 16.2 Å². The number of unbranched alkanes of at least 4 members (excludes halogenated alkanes) is 1. The average Bonchev–Trinajstić information content (AvgIpc) is 2.71. The molecule has 6 unspecified atom stereocenters. The Balaban J connectivity index is 1.70. The Labute approximate surface area is 189 Å². The Morgan fingerprint density at radius 3 is 2.48 bits per heavy atom. The summed E-state index contributed by atoms with van der Waals surface area (Å²) in [7, 11) is 0. The Kier molecular flexibility index (Phi) is 7.93. The second-order valence-corrected chi connectivity index (χ2v) is 10.6.